The Morgan fingerprint density at radius 3 is 2.71 bits per heavy atom. The number of rotatable bonds is 4. The van der Waals surface area contributed by atoms with Gasteiger partial charge in [0.1, 0.15) is 9.71 Å². The summed E-state index contributed by atoms with van der Waals surface area (Å²) in [5, 5.41) is 6.06. The van der Waals surface area contributed by atoms with Crippen LogP contribution in [0.5, 0.6) is 0 Å². The fourth-order valence-electron chi connectivity index (χ4n) is 3.39. The number of carbonyl (C=O) groups excluding carboxylic acids is 2. The van der Waals surface area contributed by atoms with Gasteiger partial charge in [0.15, 0.2) is 6.10 Å². The first-order chi connectivity index (χ1) is 13.4. The third-order valence-electron chi connectivity index (χ3n) is 4.85. The molecule has 1 aliphatic heterocycles. The number of likely N-dealkylation sites (tertiary alicyclic amines) is 1. The highest BCUT2D eigenvalue weighted by molar-refractivity contribution is 7.20. The van der Waals surface area contributed by atoms with Crippen LogP contribution in [0, 0.1) is 6.92 Å². The fraction of sp³-hybridized carbons (Fsp3) is 0.350. The Bertz CT molecular complexity index is 1050. The van der Waals surface area contributed by atoms with Crippen LogP contribution in [0.2, 0.25) is 5.02 Å². The van der Waals surface area contributed by atoms with E-state index in [1.54, 1.807) is 28.6 Å². The van der Waals surface area contributed by atoms with Crippen molar-refractivity contribution in [3.05, 3.63) is 45.9 Å². The Balaban J connectivity index is 1.58. The minimum atomic E-state index is -0.790. The SMILES string of the molecule is Cc1nn(-c2cccc(Cl)c2)c2sc(C(=O)O[C@H](C)C(=O)N3CCCC3)cc12. The maximum atomic E-state index is 12.6. The molecule has 1 aromatic carbocycles. The number of halogens is 1. The smallest absolute Gasteiger partial charge is 0.349 e. The number of hydrogen-bond donors (Lipinski definition) is 0. The second-order valence-corrected chi connectivity index (χ2v) is 8.35. The number of benzene rings is 1. The van der Waals surface area contributed by atoms with Crippen molar-refractivity contribution in [2.75, 3.05) is 13.1 Å². The number of aryl methyl sites for hydroxylation is 1. The molecule has 0 unspecified atom stereocenters. The second kappa shape index (κ2) is 7.56. The van der Waals surface area contributed by atoms with Crippen LogP contribution in [0.15, 0.2) is 30.3 Å². The van der Waals surface area contributed by atoms with E-state index in [2.05, 4.69) is 5.10 Å². The molecule has 8 heteroatoms. The lowest BCUT2D eigenvalue weighted by Crippen LogP contribution is -2.38. The maximum absolute atomic E-state index is 12.6. The number of aromatic nitrogens is 2. The molecule has 3 aromatic rings. The van der Waals surface area contributed by atoms with Crippen LogP contribution in [-0.4, -0.2) is 45.8 Å². The van der Waals surface area contributed by atoms with E-state index in [1.165, 1.54) is 11.3 Å². The predicted molar refractivity (Wildman–Crippen MR) is 109 cm³/mol. The first-order valence-electron chi connectivity index (χ1n) is 9.19. The Morgan fingerprint density at radius 2 is 2.00 bits per heavy atom. The Labute approximate surface area is 171 Å². The van der Waals surface area contributed by atoms with E-state index in [9.17, 15) is 9.59 Å². The van der Waals surface area contributed by atoms with Gasteiger partial charge >= 0.3 is 5.97 Å². The Hall–Kier alpha value is -2.38. The summed E-state index contributed by atoms with van der Waals surface area (Å²) in [6, 6.07) is 9.16. The number of ether oxygens (including phenoxy) is 1. The number of nitrogens with zero attached hydrogens (tertiary/aromatic N) is 3. The fourth-order valence-corrected chi connectivity index (χ4v) is 4.64. The lowest BCUT2D eigenvalue weighted by molar-refractivity contribution is -0.138. The average molecular weight is 418 g/mol. The van der Waals surface area contributed by atoms with Crippen LogP contribution >= 0.6 is 22.9 Å². The highest BCUT2D eigenvalue weighted by Gasteiger charge is 2.27. The predicted octanol–water partition coefficient (Wildman–Crippen LogP) is 4.22. The van der Waals surface area contributed by atoms with E-state index in [-0.39, 0.29) is 5.91 Å². The topological polar surface area (TPSA) is 64.4 Å². The summed E-state index contributed by atoms with van der Waals surface area (Å²) in [7, 11) is 0. The summed E-state index contributed by atoms with van der Waals surface area (Å²) in [4.78, 5) is 28.1. The zero-order valence-electron chi connectivity index (χ0n) is 15.6. The number of hydrogen-bond acceptors (Lipinski definition) is 5. The van der Waals surface area contributed by atoms with Crippen molar-refractivity contribution < 1.29 is 14.3 Å². The zero-order valence-corrected chi connectivity index (χ0v) is 17.2. The second-order valence-electron chi connectivity index (χ2n) is 6.89. The quantitative estimate of drug-likeness (QED) is 0.596. The van der Waals surface area contributed by atoms with Gasteiger partial charge in [-0.3, -0.25) is 4.79 Å². The van der Waals surface area contributed by atoms with Gasteiger partial charge in [-0.05, 0) is 51.0 Å². The summed E-state index contributed by atoms with van der Waals surface area (Å²) in [6.45, 7) is 4.99. The number of esters is 1. The zero-order chi connectivity index (χ0) is 19.8. The molecular formula is C20H20ClN3O3S. The number of fused-ring (bicyclic) bond motifs is 1. The van der Waals surface area contributed by atoms with Gasteiger partial charge in [-0.15, -0.1) is 11.3 Å². The summed E-state index contributed by atoms with van der Waals surface area (Å²) < 4.78 is 7.22. The molecule has 2 aromatic heterocycles. The maximum Gasteiger partial charge on any atom is 0.349 e. The van der Waals surface area contributed by atoms with Crippen LogP contribution in [0.3, 0.4) is 0 Å². The van der Waals surface area contributed by atoms with Gasteiger partial charge in [0, 0.05) is 23.5 Å². The minimum Gasteiger partial charge on any atom is -0.448 e. The molecule has 146 valence electrons. The van der Waals surface area contributed by atoms with Crippen molar-refractivity contribution in [2.45, 2.75) is 32.8 Å². The molecule has 6 nitrogen and oxygen atoms in total. The van der Waals surface area contributed by atoms with E-state index in [4.69, 9.17) is 16.3 Å². The molecular weight excluding hydrogens is 398 g/mol. The van der Waals surface area contributed by atoms with Gasteiger partial charge in [-0.1, -0.05) is 17.7 Å². The average Bonchev–Trinajstić information content (AvgIpc) is 3.39. The molecule has 1 fully saturated rings. The Kier molecular flexibility index (Phi) is 5.12. The van der Waals surface area contributed by atoms with Gasteiger partial charge in [0.2, 0.25) is 0 Å². The summed E-state index contributed by atoms with van der Waals surface area (Å²) in [5.41, 5.74) is 1.64. The van der Waals surface area contributed by atoms with Crippen LogP contribution < -0.4 is 0 Å². The molecule has 1 atom stereocenters. The van der Waals surface area contributed by atoms with E-state index < -0.39 is 12.1 Å². The minimum absolute atomic E-state index is 0.131. The standard InChI is InChI=1S/C20H20ClN3O3S/c1-12-16-11-17(20(26)27-13(2)18(25)23-8-3-4-9-23)28-19(16)24(22-12)15-7-5-6-14(21)10-15/h5-7,10-11,13H,3-4,8-9H2,1-2H3/t13-/m1/s1. The van der Waals surface area contributed by atoms with E-state index in [0.717, 1.165) is 47.5 Å². The molecule has 0 N–H and O–H groups in total. The lowest BCUT2D eigenvalue weighted by Gasteiger charge is -2.20. The molecule has 3 heterocycles. The molecule has 0 aliphatic carbocycles. The molecule has 1 aliphatic rings. The molecule has 1 amide bonds. The van der Waals surface area contributed by atoms with E-state index in [1.807, 2.05) is 25.1 Å². The van der Waals surface area contributed by atoms with Crippen molar-refractivity contribution in [1.82, 2.24) is 14.7 Å². The van der Waals surface area contributed by atoms with Crippen molar-refractivity contribution in [2.24, 2.45) is 0 Å². The first kappa shape index (κ1) is 19.0. The highest BCUT2D eigenvalue weighted by Crippen LogP contribution is 2.31. The Morgan fingerprint density at radius 1 is 1.25 bits per heavy atom. The lowest BCUT2D eigenvalue weighted by atomic mass is 10.3. The van der Waals surface area contributed by atoms with Crippen molar-refractivity contribution in [3.8, 4) is 5.69 Å². The molecule has 0 saturated carbocycles. The van der Waals surface area contributed by atoms with E-state index >= 15 is 0 Å². The van der Waals surface area contributed by atoms with Crippen LogP contribution in [-0.2, 0) is 9.53 Å². The third kappa shape index (κ3) is 3.52. The van der Waals surface area contributed by atoms with Gasteiger partial charge in [-0.2, -0.15) is 5.10 Å². The van der Waals surface area contributed by atoms with Crippen LogP contribution in [0.1, 0.15) is 35.1 Å². The summed E-state index contributed by atoms with van der Waals surface area (Å²) >= 11 is 7.40. The molecule has 4 rings (SSSR count). The molecule has 1 saturated heterocycles. The van der Waals surface area contributed by atoms with Crippen molar-refractivity contribution >= 4 is 45.0 Å². The first-order valence-corrected chi connectivity index (χ1v) is 10.4. The number of thiophene rings is 1. The molecule has 0 bridgehead atoms. The van der Waals surface area contributed by atoms with Gasteiger partial charge < -0.3 is 9.64 Å². The molecule has 0 spiro atoms. The monoisotopic (exact) mass is 417 g/mol. The van der Waals surface area contributed by atoms with E-state index in [0.29, 0.717) is 9.90 Å². The molecule has 28 heavy (non-hydrogen) atoms. The number of amides is 1. The van der Waals surface area contributed by atoms with Gasteiger partial charge in [0.05, 0.1) is 11.4 Å². The highest BCUT2D eigenvalue weighted by atomic mass is 35.5. The largest absolute Gasteiger partial charge is 0.448 e. The third-order valence-corrected chi connectivity index (χ3v) is 6.17. The van der Waals surface area contributed by atoms with Crippen LogP contribution in [0.25, 0.3) is 15.9 Å². The van der Waals surface area contributed by atoms with Gasteiger partial charge in [0.25, 0.3) is 5.91 Å². The summed E-state index contributed by atoms with van der Waals surface area (Å²) in [6.07, 6.45) is 1.21. The van der Waals surface area contributed by atoms with Crippen LogP contribution in [0.4, 0.5) is 0 Å². The van der Waals surface area contributed by atoms with Crippen molar-refractivity contribution in [3.63, 3.8) is 0 Å². The molecule has 0 radical (unpaired) electrons. The van der Waals surface area contributed by atoms with Crippen molar-refractivity contribution in [1.29, 1.82) is 0 Å². The normalized spacial score (nSPS) is 15.2. The summed E-state index contributed by atoms with van der Waals surface area (Å²) in [5.74, 6) is -0.619. The number of carbonyl (C=O) groups is 2. The van der Waals surface area contributed by atoms with Gasteiger partial charge in [-0.25, -0.2) is 9.48 Å².